The molecule has 4 heterocycles. The largest absolute Gasteiger partial charge is 0.338 e. The quantitative estimate of drug-likeness (QED) is 0.775. The van der Waals surface area contributed by atoms with Crippen molar-refractivity contribution in [2.45, 2.75) is 25.3 Å². The Morgan fingerprint density at radius 3 is 2.96 bits per heavy atom. The molecule has 132 valence electrons. The summed E-state index contributed by atoms with van der Waals surface area (Å²) in [7, 11) is 0. The molecule has 0 aliphatic carbocycles. The fraction of sp³-hybridized carbons (Fsp3) is 0.350. The number of likely N-dealkylation sites (tertiary alicyclic amines) is 1. The summed E-state index contributed by atoms with van der Waals surface area (Å²) in [4.78, 5) is 18.5. The maximum absolute atomic E-state index is 12.0. The highest BCUT2D eigenvalue weighted by atomic mass is 16.2. The van der Waals surface area contributed by atoms with Crippen LogP contribution in [0.1, 0.15) is 19.0 Å². The van der Waals surface area contributed by atoms with Crippen LogP contribution in [0.4, 0.5) is 4.79 Å². The van der Waals surface area contributed by atoms with Gasteiger partial charge in [-0.25, -0.2) is 4.79 Å². The molecule has 2 amide bonds. The number of rotatable bonds is 2. The molecule has 6 nitrogen and oxygen atoms in total. The van der Waals surface area contributed by atoms with E-state index in [4.69, 9.17) is 5.10 Å². The van der Waals surface area contributed by atoms with Crippen molar-refractivity contribution < 1.29 is 4.79 Å². The van der Waals surface area contributed by atoms with Crippen molar-refractivity contribution in [3.63, 3.8) is 0 Å². The van der Waals surface area contributed by atoms with Gasteiger partial charge in [0.05, 0.1) is 11.2 Å². The van der Waals surface area contributed by atoms with E-state index < -0.39 is 0 Å². The predicted octanol–water partition coefficient (Wildman–Crippen LogP) is 2.78. The number of urea groups is 1. The van der Waals surface area contributed by atoms with Gasteiger partial charge in [-0.2, -0.15) is 5.10 Å². The van der Waals surface area contributed by atoms with Gasteiger partial charge in [-0.05, 0) is 31.5 Å². The number of nitrogens with one attached hydrogen (secondary N) is 1. The van der Waals surface area contributed by atoms with Crippen LogP contribution in [0.3, 0.4) is 0 Å². The number of hydrogen-bond donors (Lipinski definition) is 1. The lowest BCUT2D eigenvalue weighted by Crippen LogP contribution is -2.62. The van der Waals surface area contributed by atoms with Crippen LogP contribution in [0.5, 0.6) is 0 Å². The Hall–Kier alpha value is -2.89. The Morgan fingerprint density at radius 1 is 1.27 bits per heavy atom. The van der Waals surface area contributed by atoms with Gasteiger partial charge in [-0.15, -0.1) is 0 Å². The molecule has 1 spiro atoms. The number of pyridine rings is 1. The molecule has 5 rings (SSSR count). The van der Waals surface area contributed by atoms with Gasteiger partial charge in [-0.3, -0.25) is 9.67 Å². The zero-order valence-corrected chi connectivity index (χ0v) is 14.8. The number of carbonyl (C=O) groups is 1. The first-order chi connectivity index (χ1) is 12.7. The summed E-state index contributed by atoms with van der Waals surface area (Å²) in [5, 5.41) is 8.82. The highest BCUT2D eigenvalue weighted by molar-refractivity contribution is 5.83. The summed E-state index contributed by atoms with van der Waals surface area (Å²) in [5.74, 6) is 0. The molecule has 2 aliphatic rings. The maximum Gasteiger partial charge on any atom is 0.317 e. The summed E-state index contributed by atoms with van der Waals surface area (Å²) in [6.07, 6.45) is 2.95. The van der Waals surface area contributed by atoms with Crippen LogP contribution in [0, 0.1) is 0 Å². The predicted molar refractivity (Wildman–Crippen MR) is 99.9 cm³/mol. The molecule has 0 unspecified atom stereocenters. The smallest absolute Gasteiger partial charge is 0.317 e. The standard InChI is InChI=1S/C20H21N5O/c1-2-21-19(26)24-12-20(13-24)7-8-25-18(20)10-17(23-25)15-9-14-5-3-4-6-16(14)22-11-15/h3-6,9-11H,2,7-8,12-13H2,1H3,(H,21,26). The molecule has 1 aromatic carbocycles. The topological polar surface area (TPSA) is 63.1 Å². The van der Waals surface area contributed by atoms with Crippen LogP contribution in [0.15, 0.2) is 42.6 Å². The summed E-state index contributed by atoms with van der Waals surface area (Å²) in [6, 6.07) is 12.5. The summed E-state index contributed by atoms with van der Waals surface area (Å²) < 4.78 is 2.11. The van der Waals surface area contributed by atoms with Gasteiger partial charge in [0, 0.05) is 54.4 Å². The number of aromatic nitrogens is 3. The molecule has 2 aliphatic heterocycles. The second-order valence-electron chi connectivity index (χ2n) is 7.28. The van der Waals surface area contributed by atoms with Crippen molar-refractivity contribution in [3.05, 3.63) is 48.3 Å². The number of amides is 2. The number of para-hydroxylation sites is 1. The number of benzene rings is 1. The average molecular weight is 347 g/mol. The highest BCUT2D eigenvalue weighted by Gasteiger charge is 2.51. The van der Waals surface area contributed by atoms with Crippen LogP contribution in [-0.4, -0.2) is 45.3 Å². The minimum absolute atomic E-state index is 0.0371. The summed E-state index contributed by atoms with van der Waals surface area (Å²) >= 11 is 0. The molecule has 0 atom stereocenters. The zero-order valence-electron chi connectivity index (χ0n) is 14.8. The van der Waals surface area contributed by atoms with Crippen molar-refractivity contribution in [3.8, 4) is 11.3 Å². The van der Waals surface area contributed by atoms with Crippen molar-refractivity contribution in [1.82, 2.24) is 25.0 Å². The first-order valence-corrected chi connectivity index (χ1v) is 9.15. The Labute approximate surface area is 151 Å². The highest BCUT2D eigenvalue weighted by Crippen LogP contribution is 2.43. The fourth-order valence-electron chi connectivity index (χ4n) is 4.23. The van der Waals surface area contributed by atoms with E-state index in [1.54, 1.807) is 0 Å². The minimum Gasteiger partial charge on any atom is -0.338 e. The van der Waals surface area contributed by atoms with Gasteiger partial charge < -0.3 is 10.2 Å². The molecule has 2 aromatic heterocycles. The van der Waals surface area contributed by atoms with Crippen molar-refractivity contribution in [2.24, 2.45) is 0 Å². The van der Waals surface area contributed by atoms with Crippen molar-refractivity contribution in [2.75, 3.05) is 19.6 Å². The van der Waals surface area contributed by atoms with Gasteiger partial charge >= 0.3 is 6.03 Å². The summed E-state index contributed by atoms with van der Waals surface area (Å²) in [6.45, 7) is 5.08. The van der Waals surface area contributed by atoms with E-state index in [0.717, 1.165) is 48.2 Å². The lowest BCUT2D eigenvalue weighted by molar-refractivity contribution is 0.0925. The van der Waals surface area contributed by atoms with Crippen LogP contribution >= 0.6 is 0 Å². The first-order valence-electron chi connectivity index (χ1n) is 9.15. The number of hydrogen-bond acceptors (Lipinski definition) is 3. The molecule has 0 radical (unpaired) electrons. The molecule has 6 heteroatoms. The number of aryl methyl sites for hydroxylation is 1. The molecule has 0 bridgehead atoms. The third-order valence-electron chi connectivity index (χ3n) is 5.61. The molecule has 1 saturated heterocycles. The number of carbonyl (C=O) groups excluding carboxylic acids is 1. The Balaban J connectivity index is 1.44. The van der Waals surface area contributed by atoms with Gasteiger partial charge in [0.25, 0.3) is 0 Å². The summed E-state index contributed by atoms with van der Waals surface area (Å²) in [5.41, 5.74) is 4.33. The molecular weight excluding hydrogens is 326 g/mol. The first kappa shape index (κ1) is 15.4. The van der Waals surface area contributed by atoms with Crippen LogP contribution in [0.25, 0.3) is 22.2 Å². The Bertz CT molecular complexity index is 1000. The van der Waals surface area contributed by atoms with E-state index in [-0.39, 0.29) is 11.4 Å². The maximum atomic E-state index is 12.0. The normalized spacial score (nSPS) is 17.3. The zero-order chi connectivity index (χ0) is 17.7. The monoisotopic (exact) mass is 347 g/mol. The van der Waals surface area contributed by atoms with Crippen LogP contribution in [0.2, 0.25) is 0 Å². The molecule has 1 N–H and O–H groups in total. The van der Waals surface area contributed by atoms with E-state index in [0.29, 0.717) is 6.54 Å². The minimum atomic E-state index is 0.0371. The van der Waals surface area contributed by atoms with E-state index in [9.17, 15) is 4.79 Å². The van der Waals surface area contributed by atoms with E-state index in [1.807, 2.05) is 36.2 Å². The van der Waals surface area contributed by atoms with Crippen LogP contribution < -0.4 is 5.32 Å². The van der Waals surface area contributed by atoms with Gasteiger partial charge in [0.15, 0.2) is 0 Å². The molecule has 26 heavy (non-hydrogen) atoms. The molecule has 0 saturated carbocycles. The lowest BCUT2D eigenvalue weighted by atomic mass is 9.76. The van der Waals surface area contributed by atoms with Gasteiger partial charge in [0.1, 0.15) is 0 Å². The molecule has 1 fully saturated rings. The number of fused-ring (bicyclic) bond motifs is 3. The second kappa shape index (κ2) is 5.56. The van der Waals surface area contributed by atoms with E-state index in [1.165, 1.54) is 5.69 Å². The second-order valence-corrected chi connectivity index (χ2v) is 7.28. The molecular formula is C20H21N5O. The van der Waals surface area contributed by atoms with E-state index in [2.05, 4.69) is 33.2 Å². The molecule has 3 aromatic rings. The Kier molecular flexibility index (Phi) is 3.29. The van der Waals surface area contributed by atoms with E-state index >= 15 is 0 Å². The third-order valence-corrected chi connectivity index (χ3v) is 5.61. The third kappa shape index (κ3) is 2.21. The SMILES string of the molecule is CCNC(=O)N1CC2(CCn3nc(-c4cnc5ccccc5c4)cc32)C1. The fourth-order valence-corrected chi connectivity index (χ4v) is 4.23. The van der Waals surface area contributed by atoms with Crippen molar-refractivity contribution >= 4 is 16.9 Å². The van der Waals surface area contributed by atoms with Gasteiger partial charge in [-0.1, -0.05) is 18.2 Å². The van der Waals surface area contributed by atoms with Crippen LogP contribution in [-0.2, 0) is 12.0 Å². The lowest BCUT2D eigenvalue weighted by Gasteiger charge is -2.47. The van der Waals surface area contributed by atoms with Crippen molar-refractivity contribution in [1.29, 1.82) is 0 Å². The number of nitrogens with zero attached hydrogens (tertiary/aromatic N) is 4. The van der Waals surface area contributed by atoms with Gasteiger partial charge in [0.2, 0.25) is 0 Å². The average Bonchev–Trinajstić information content (AvgIpc) is 3.19. The Morgan fingerprint density at radius 2 is 2.12 bits per heavy atom.